The lowest BCUT2D eigenvalue weighted by atomic mass is 9.80. The monoisotopic (exact) mass is 292 g/mol. The van der Waals surface area contributed by atoms with Crippen molar-refractivity contribution in [2.45, 2.75) is 45.8 Å². The van der Waals surface area contributed by atoms with Gasteiger partial charge < -0.3 is 14.6 Å². The van der Waals surface area contributed by atoms with E-state index in [2.05, 4.69) is 13.8 Å². The Labute approximate surface area is 126 Å². The number of benzene rings is 1. The molecule has 1 N–H and O–H groups in total. The van der Waals surface area contributed by atoms with Crippen molar-refractivity contribution in [2.24, 2.45) is 11.8 Å². The molecule has 116 valence electrons. The molecule has 21 heavy (non-hydrogen) atoms. The van der Waals surface area contributed by atoms with Crippen molar-refractivity contribution >= 4 is 5.97 Å². The maximum atomic E-state index is 11.1. The van der Waals surface area contributed by atoms with Crippen LogP contribution < -0.4 is 4.74 Å². The quantitative estimate of drug-likeness (QED) is 0.898. The minimum Gasteiger partial charge on any atom is -0.496 e. The van der Waals surface area contributed by atoms with Crippen molar-refractivity contribution in [1.82, 2.24) is 0 Å². The lowest BCUT2D eigenvalue weighted by Crippen LogP contribution is -2.26. The van der Waals surface area contributed by atoms with E-state index in [1.54, 1.807) is 18.2 Å². The molecule has 1 fully saturated rings. The van der Waals surface area contributed by atoms with Crippen molar-refractivity contribution in [3.63, 3.8) is 0 Å². The maximum Gasteiger partial charge on any atom is 0.339 e. The fourth-order valence-electron chi connectivity index (χ4n) is 2.87. The van der Waals surface area contributed by atoms with Crippen molar-refractivity contribution in [3.05, 3.63) is 29.3 Å². The van der Waals surface area contributed by atoms with Crippen LogP contribution in [0.5, 0.6) is 5.75 Å². The lowest BCUT2D eigenvalue weighted by molar-refractivity contribution is -0.00751. The van der Waals surface area contributed by atoms with Crippen LogP contribution in [0.4, 0.5) is 0 Å². The standard InChI is InChI=1S/C17H24O4/c1-11-4-6-14(8-12(11)2)21-10-13-5-7-15(17(18)19)16(9-13)20-3/h5,7,9,11-12,14H,4,6,8,10H2,1-3H3,(H,18,19). The summed E-state index contributed by atoms with van der Waals surface area (Å²) in [5.41, 5.74) is 1.13. The molecule has 3 atom stereocenters. The number of carboxylic acids is 1. The van der Waals surface area contributed by atoms with E-state index in [1.165, 1.54) is 13.5 Å². The molecule has 4 heteroatoms. The molecular weight excluding hydrogens is 268 g/mol. The average Bonchev–Trinajstić information content (AvgIpc) is 2.48. The van der Waals surface area contributed by atoms with E-state index in [0.717, 1.165) is 24.3 Å². The van der Waals surface area contributed by atoms with Gasteiger partial charge in [-0.3, -0.25) is 0 Å². The first-order valence-corrected chi connectivity index (χ1v) is 7.53. The van der Waals surface area contributed by atoms with E-state index in [4.69, 9.17) is 14.6 Å². The van der Waals surface area contributed by atoms with Crippen molar-refractivity contribution in [1.29, 1.82) is 0 Å². The fraction of sp³-hybridized carbons (Fsp3) is 0.588. The van der Waals surface area contributed by atoms with Crippen molar-refractivity contribution < 1.29 is 19.4 Å². The number of methoxy groups -OCH3 is 1. The zero-order valence-corrected chi connectivity index (χ0v) is 13.0. The van der Waals surface area contributed by atoms with E-state index in [1.807, 2.05) is 0 Å². The number of hydrogen-bond donors (Lipinski definition) is 1. The molecule has 4 nitrogen and oxygen atoms in total. The Balaban J connectivity index is 1.96. The molecule has 2 rings (SSSR count). The first kappa shape index (κ1) is 15.8. The van der Waals surface area contributed by atoms with Gasteiger partial charge >= 0.3 is 5.97 Å². The predicted molar refractivity (Wildman–Crippen MR) is 80.7 cm³/mol. The van der Waals surface area contributed by atoms with Crippen LogP contribution in [0.25, 0.3) is 0 Å². The van der Waals surface area contributed by atoms with Crippen LogP contribution in [0.3, 0.4) is 0 Å². The van der Waals surface area contributed by atoms with E-state index >= 15 is 0 Å². The molecule has 0 aromatic heterocycles. The summed E-state index contributed by atoms with van der Waals surface area (Å²) in [6.45, 7) is 5.09. The predicted octanol–water partition coefficient (Wildman–Crippen LogP) is 3.73. The molecule has 0 aliphatic heterocycles. The normalized spacial score (nSPS) is 25.6. The summed E-state index contributed by atoms with van der Waals surface area (Å²) in [4.78, 5) is 11.1. The zero-order chi connectivity index (χ0) is 15.4. The van der Waals surface area contributed by atoms with Gasteiger partial charge in [-0.2, -0.15) is 0 Å². The van der Waals surface area contributed by atoms with Gasteiger partial charge in [0.1, 0.15) is 11.3 Å². The maximum absolute atomic E-state index is 11.1. The molecule has 3 unspecified atom stereocenters. The second-order valence-corrected chi connectivity index (χ2v) is 6.04. The van der Waals surface area contributed by atoms with Crippen LogP contribution >= 0.6 is 0 Å². The Morgan fingerprint density at radius 2 is 2.05 bits per heavy atom. The van der Waals surface area contributed by atoms with Crippen LogP contribution in [-0.4, -0.2) is 24.3 Å². The minimum atomic E-state index is -0.977. The summed E-state index contributed by atoms with van der Waals surface area (Å²) >= 11 is 0. The van der Waals surface area contributed by atoms with Gasteiger partial charge in [0, 0.05) is 0 Å². The highest BCUT2D eigenvalue weighted by Crippen LogP contribution is 2.31. The van der Waals surface area contributed by atoms with Crippen molar-refractivity contribution in [3.8, 4) is 5.75 Å². The molecule has 0 amide bonds. The minimum absolute atomic E-state index is 0.182. The molecule has 1 aromatic rings. The molecule has 1 aliphatic carbocycles. The second kappa shape index (κ2) is 6.94. The largest absolute Gasteiger partial charge is 0.496 e. The third-order valence-corrected chi connectivity index (χ3v) is 4.53. The Morgan fingerprint density at radius 1 is 1.29 bits per heavy atom. The molecule has 0 radical (unpaired) electrons. The topological polar surface area (TPSA) is 55.8 Å². The molecule has 0 saturated heterocycles. The summed E-state index contributed by atoms with van der Waals surface area (Å²) in [7, 11) is 1.48. The van der Waals surface area contributed by atoms with Crippen LogP contribution in [0.1, 0.15) is 49.0 Å². The number of ether oxygens (including phenoxy) is 2. The number of carboxylic acid groups (broad SMARTS) is 1. The van der Waals surface area contributed by atoms with Gasteiger partial charge in [-0.15, -0.1) is 0 Å². The number of carbonyl (C=O) groups is 1. The third-order valence-electron chi connectivity index (χ3n) is 4.53. The van der Waals surface area contributed by atoms with E-state index in [0.29, 0.717) is 24.4 Å². The molecule has 1 aliphatic rings. The van der Waals surface area contributed by atoms with Gasteiger partial charge in [0.15, 0.2) is 0 Å². The smallest absolute Gasteiger partial charge is 0.339 e. The van der Waals surface area contributed by atoms with Crippen LogP contribution in [0.15, 0.2) is 18.2 Å². The van der Waals surface area contributed by atoms with Gasteiger partial charge in [-0.25, -0.2) is 4.79 Å². The van der Waals surface area contributed by atoms with E-state index in [-0.39, 0.29) is 5.56 Å². The summed E-state index contributed by atoms with van der Waals surface area (Å²) in [6, 6.07) is 5.12. The average molecular weight is 292 g/mol. The zero-order valence-electron chi connectivity index (χ0n) is 13.0. The highest BCUT2D eigenvalue weighted by Gasteiger charge is 2.25. The van der Waals surface area contributed by atoms with Gasteiger partial charge in [-0.05, 0) is 48.8 Å². The highest BCUT2D eigenvalue weighted by atomic mass is 16.5. The van der Waals surface area contributed by atoms with Crippen LogP contribution in [0, 0.1) is 11.8 Å². The van der Waals surface area contributed by atoms with Gasteiger partial charge in [0.25, 0.3) is 0 Å². The summed E-state index contributed by atoms with van der Waals surface area (Å²) < 4.78 is 11.1. The van der Waals surface area contributed by atoms with Crippen molar-refractivity contribution in [2.75, 3.05) is 7.11 Å². The van der Waals surface area contributed by atoms with E-state index < -0.39 is 5.97 Å². The summed E-state index contributed by atoms with van der Waals surface area (Å²) in [5.74, 6) is 0.885. The van der Waals surface area contributed by atoms with Gasteiger partial charge in [-0.1, -0.05) is 19.9 Å². The number of rotatable bonds is 5. The van der Waals surface area contributed by atoms with Gasteiger partial charge in [0.05, 0.1) is 19.8 Å². The van der Waals surface area contributed by atoms with E-state index in [9.17, 15) is 4.79 Å². The van der Waals surface area contributed by atoms with Crippen LogP contribution in [0.2, 0.25) is 0 Å². The number of hydrogen-bond acceptors (Lipinski definition) is 3. The van der Waals surface area contributed by atoms with Crippen LogP contribution in [-0.2, 0) is 11.3 Å². The highest BCUT2D eigenvalue weighted by molar-refractivity contribution is 5.90. The molecule has 1 aromatic carbocycles. The Bertz CT molecular complexity index is 498. The lowest BCUT2D eigenvalue weighted by Gasteiger charge is -2.32. The Hall–Kier alpha value is -1.55. The molecular formula is C17H24O4. The SMILES string of the molecule is COc1cc(COC2CCC(C)C(C)C2)ccc1C(=O)O. The second-order valence-electron chi connectivity index (χ2n) is 6.04. The third kappa shape index (κ3) is 3.97. The van der Waals surface area contributed by atoms with Gasteiger partial charge in [0.2, 0.25) is 0 Å². The molecule has 1 saturated carbocycles. The fourth-order valence-corrected chi connectivity index (χ4v) is 2.87. The Morgan fingerprint density at radius 3 is 2.67 bits per heavy atom. The molecule has 0 spiro atoms. The molecule has 0 heterocycles. The summed E-state index contributed by atoms with van der Waals surface area (Å²) in [6.07, 6.45) is 3.73. The number of aromatic carboxylic acids is 1. The first-order valence-electron chi connectivity index (χ1n) is 7.53. The Kier molecular flexibility index (Phi) is 5.23. The first-order chi connectivity index (χ1) is 10.0. The summed E-state index contributed by atoms with van der Waals surface area (Å²) in [5, 5.41) is 9.06. The molecule has 0 bridgehead atoms.